The summed E-state index contributed by atoms with van der Waals surface area (Å²) in [5.41, 5.74) is 0.882. The number of nitrogens with zero attached hydrogens (tertiary/aromatic N) is 3. The van der Waals surface area contributed by atoms with E-state index in [1.54, 1.807) is 17.0 Å². The molecule has 2 aromatic rings. The van der Waals surface area contributed by atoms with Crippen molar-refractivity contribution in [3.63, 3.8) is 0 Å². The molecule has 29 heavy (non-hydrogen) atoms. The summed E-state index contributed by atoms with van der Waals surface area (Å²) >= 11 is 7.30. The van der Waals surface area contributed by atoms with Gasteiger partial charge in [0.05, 0.1) is 10.2 Å². The third-order valence-electron chi connectivity index (χ3n) is 4.83. The third-order valence-corrected chi connectivity index (χ3v) is 7.48. The number of thiazole rings is 1. The van der Waals surface area contributed by atoms with Crippen LogP contribution in [0.15, 0.2) is 23.2 Å². The molecule has 1 aliphatic heterocycles. The Balaban J connectivity index is 1.75. The second-order valence-electron chi connectivity index (χ2n) is 7.07. The molecule has 7 nitrogen and oxygen atoms in total. The summed E-state index contributed by atoms with van der Waals surface area (Å²) in [6.45, 7) is 3.65. The number of aryl methyl sites for hydroxylation is 1. The molecule has 10 heteroatoms. The van der Waals surface area contributed by atoms with Crippen LogP contribution in [0.25, 0.3) is 10.2 Å². The van der Waals surface area contributed by atoms with Crippen molar-refractivity contribution in [2.75, 3.05) is 24.6 Å². The van der Waals surface area contributed by atoms with Crippen LogP contribution in [0.4, 0.5) is 0 Å². The Labute approximate surface area is 178 Å². The molecule has 158 valence electrons. The second-order valence-corrected chi connectivity index (χ2v) is 10.6. The maximum absolute atomic E-state index is 12.4. The number of likely N-dealkylation sites (tertiary alicyclic amines) is 1. The number of hydrogen-bond acceptors (Lipinski definition) is 5. The highest BCUT2D eigenvalue weighted by atomic mass is 35.5. The number of hydrogen-bond donors (Lipinski definition) is 0. The average molecular weight is 458 g/mol. The standard InChI is InChI=1S/C19H24ClN3O4S2/c1-2-23-15-8-7-14(20)11-16(15)28-19(23)21-17(24)12-29(26,27)13-18(25)22-9-5-3-4-6-10-22/h7-8,11H,2-6,9-10,12-13H2,1H3. The van der Waals surface area contributed by atoms with Gasteiger partial charge in [-0.05, 0) is 38.0 Å². The molecule has 0 radical (unpaired) electrons. The number of sulfone groups is 1. The van der Waals surface area contributed by atoms with E-state index < -0.39 is 33.2 Å². The van der Waals surface area contributed by atoms with E-state index in [0.717, 1.165) is 35.9 Å². The molecule has 0 bridgehead atoms. The second kappa shape index (κ2) is 9.40. The van der Waals surface area contributed by atoms with Gasteiger partial charge >= 0.3 is 0 Å². The number of halogens is 1. The Morgan fingerprint density at radius 1 is 1.14 bits per heavy atom. The predicted molar refractivity (Wildman–Crippen MR) is 115 cm³/mol. The molecule has 0 aliphatic carbocycles. The van der Waals surface area contributed by atoms with Gasteiger partial charge in [0.2, 0.25) is 5.91 Å². The van der Waals surface area contributed by atoms with Crippen molar-refractivity contribution >= 4 is 54.8 Å². The minimum Gasteiger partial charge on any atom is -0.342 e. The van der Waals surface area contributed by atoms with Crippen LogP contribution in [-0.4, -0.2) is 54.3 Å². The molecule has 0 unspecified atom stereocenters. The number of carbonyl (C=O) groups is 2. The van der Waals surface area contributed by atoms with Gasteiger partial charge in [0.25, 0.3) is 5.91 Å². The van der Waals surface area contributed by atoms with Crippen molar-refractivity contribution in [2.45, 2.75) is 39.2 Å². The number of rotatable bonds is 5. The minimum atomic E-state index is -3.88. The molecule has 1 aromatic heterocycles. The van der Waals surface area contributed by atoms with Gasteiger partial charge in [-0.15, -0.1) is 0 Å². The molecule has 0 atom stereocenters. The van der Waals surface area contributed by atoms with Crippen LogP contribution in [0.1, 0.15) is 32.6 Å². The number of aromatic nitrogens is 1. The van der Waals surface area contributed by atoms with Gasteiger partial charge in [-0.3, -0.25) is 9.59 Å². The van der Waals surface area contributed by atoms with E-state index in [1.165, 1.54) is 11.3 Å². The van der Waals surface area contributed by atoms with E-state index in [1.807, 2.05) is 17.6 Å². The zero-order valence-corrected chi connectivity index (χ0v) is 18.7. The number of benzene rings is 1. The van der Waals surface area contributed by atoms with E-state index >= 15 is 0 Å². The highest BCUT2D eigenvalue weighted by Gasteiger charge is 2.25. The molecule has 2 heterocycles. The average Bonchev–Trinajstić information content (AvgIpc) is 2.81. The first-order valence-corrected chi connectivity index (χ1v) is 12.7. The van der Waals surface area contributed by atoms with E-state index in [4.69, 9.17) is 11.6 Å². The Bertz CT molecular complexity index is 1080. The van der Waals surface area contributed by atoms with Crippen molar-refractivity contribution in [3.8, 4) is 0 Å². The van der Waals surface area contributed by atoms with Crippen LogP contribution in [0, 0.1) is 0 Å². The lowest BCUT2D eigenvalue weighted by Gasteiger charge is -2.19. The predicted octanol–water partition coefficient (Wildman–Crippen LogP) is 2.62. The van der Waals surface area contributed by atoms with Crippen LogP contribution in [0.5, 0.6) is 0 Å². The molecule has 1 fully saturated rings. The van der Waals surface area contributed by atoms with Gasteiger partial charge in [-0.2, -0.15) is 4.99 Å². The van der Waals surface area contributed by atoms with Gasteiger partial charge in [-0.25, -0.2) is 8.42 Å². The van der Waals surface area contributed by atoms with E-state index in [9.17, 15) is 18.0 Å². The molecule has 0 spiro atoms. The first-order chi connectivity index (χ1) is 13.8. The van der Waals surface area contributed by atoms with Gasteiger partial charge in [0.15, 0.2) is 14.6 Å². The number of carbonyl (C=O) groups excluding carboxylic acids is 2. The fourth-order valence-electron chi connectivity index (χ4n) is 3.42. The van der Waals surface area contributed by atoms with Crippen LogP contribution in [0.2, 0.25) is 5.02 Å². The monoisotopic (exact) mass is 457 g/mol. The Morgan fingerprint density at radius 2 is 1.83 bits per heavy atom. The molecule has 1 aliphatic rings. The van der Waals surface area contributed by atoms with Crippen LogP contribution in [0.3, 0.4) is 0 Å². The highest BCUT2D eigenvalue weighted by Crippen LogP contribution is 2.21. The highest BCUT2D eigenvalue weighted by molar-refractivity contribution is 7.92. The first-order valence-electron chi connectivity index (χ1n) is 9.64. The minimum absolute atomic E-state index is 0.420. The fraction of sp³-hybridized carbons (Fsp3) is 0.526. The smallest absolute Gasteiger partial charge is 0.263 e. The maximum atomic E-state index is 12.4. The van der Waals surface area contributed by atoms with Gasteiger partial charge < -0.3 is 9.47 Å². The van der Waals surface area contributed by atoms with Crippen LogP contribution in [-0.2, 0) is 26.0 Å². The number of amides is 2. The van der Waals surface area contributed by atoms with Crippen molar-refractivity contribution in [3.05, 3.63) is 28.0 Å². The largest absolute Gasteiger partial charge is 0.342 e. The third kappa shape index (κ3) is 5.67. The quantitative estimate of drug-likeness (QED) is 0.690. The SMILES string of the molecule is CCn1c(=NC(=O)CS(=O)(=O)CC(=O)N2CCCCCC2)sc2cc(Cl)ccc21. The summed E-state index contributed by atoms with van der Waals surface area (Å²) in [6, 6.07) is 5.39. The fourth-order valence-corrected chi connectivity index (χ4v) is 5.90. The zero-order chi connectivity index (χ0) is 21.0. The molecular formula is C19H24ClN3O4S2. The van der Waals surface area contributed by atoms with Crippen molar-refractivity contribution < 1.29 is 18.0 Å². The lowest BCUT2D eigenvalue weighted by atomic mass is 10.2. The summed E-state index contributed by atoms with van der Waals surface area (Å²) in [6.07, 6.45) is 3.86. The summed E-state index contributed by atoms with van der Waals surface area (Å²) in [7, 11) is -3.88. The zero-order valence-electron chi connectivity index (χ0n) is 16.3. The lowest BCUT2D eigenvalue weighted by Crippen LogP contribution is -2.37. The van der Waals surface area contributed by atoms with E-state index in [0.29, 0.717) is 29.5 Å². The summed E-state index contributed by atoms with van der Waals surface area (Å²) < 4.78 is 27.5. The molecule has 0 saturated carbocycles. The van der Waals surface area contributed by atoms with E-state index in [-0.39, 0.29) is 0 Å². The van der Waals surface area contributed by atoms with Gasteiger partial charge in [0.1, 0.15) is 11.5 Å². The maximum Gasteiger partial charge on any atom is 0.263 e. The normalized spacial score (nSPS) is 16.2. The van der Waals surface area contributed by atoms with Gasteiger partial charge in [0, 0.05) is 24.7 Å². The van der Waals surface area contributed by atoms with Gasteiger partial charge in [-0.1, -0.05) is 35.8 Å². The van der Waals surface area contributed by atoms with Crippen LogP contribution < -0.4 is 4.80 Å². The molecule has 1 aromatic carbocycles. The Kier molecular flexibility index (Phi) is 7.13. The number of fused-ring (bicyclic) bond motifs is 1. The van der Waals surface area contributed by atoms with Crippen molar-refractivity contribution in [1.29, 1.82) is 0 Å². The lowest BCUT2D eigenvalue weighted by molar-refractivity contribution is -0.128. The topological polar surface area (TPSA) is 88.8 Å². The molecule has 1 saturated heterocycles. The molecular weight excluding hydrogens is 434 g/mol. The van der Waals surface area contributed by atoms with Crippen molar-refractivity contribution in [1.82, 2.24) is 9.47 Å². The molecule has 3 rings (SSSR count). The summed E-state index contributed by atoms with van der Waals surface area (Å²) in [5.74, 6) is -2.62. The Hall–Kier alpha value is -1.71. The van der Waals surface area contributed by atoms with Crippen molar-refractivity contribution in [2.24, 2.45) is 4.99 Å². The van der Waals surface area contributed by atoms with Crippen LogP contribution >= 0.6 is 22.9 Å². The summed E-state index contributed by atoms with van der Waals surface area (Å²) in [5, 5.41) is 0.578. The molecule has 0 N–H and O–H groups in total. The van der Waals surface area contributed by atoms with E-state index in [2.05, 4.69) is 4.99 Å². The molecule has 2 amide bonds. The first kappa shape index (κ1) is 22.0. The Morgan fingerprint density at radius 3 is 2.48 bits per heavy atom. The summed E-state index contributed by atoms with van der Waals surface area (Å²) in [4.78, 5) is 30.7.